The van der Waals surface area contributed by atoms with Crippen LogP contribution in [0.2, 0.25) is 5.82 Å². The average Bonchev–Trinajstić information content (AvgIpc) is 2.30. The fourth-order valence-electron chi connectivity index (χ4n) is 1.42. The number of rotatable bonds is 2. The molecule has 1 aliphatic rings. The fraction of sp³-hybridized carbons (Fsp3) is 1.00. The van der Waals surface area contributed by atoms with Gasteiger partial charge in [-0.25, -0.2) is 0 Å². The molecule has 0 aromatic heterocycles. The van der Waals surface area contributed by atoms with E-state index in [1.165, 1.54) is 0 Å². The van der Waals surface area contributed by atoms with E-state index in [0.717, 1.165) is 0 Å². The molecule has 0 aromatic rings. The van der Waals surface area contributed by atoms with E-state index in [1.807, 2.05) is 14.8 Å². The summed E-state index contributed by atoms with van der Waals surface area (Å²) in [5, 5.41) is 27.9. The molecule has 4 atom stereocenters. The Balaban J connectivity index is 2.66. The van der Waals surface area contributed by atoms with Crippen LogP contribution < -0.4 is 0 Å². The molecule has 5 heteroatoms. The monoisotopic (exact) mass is 174 g/mol. The fourth-order valence-corrected chi connectivity index (χ4v) is 1.42. The van der Waals surface area contributed by atoms with Gasteiger partial charge < -0.3 is 20.1 Å². The van der Waals surface area contributed by atoms with Crippen molar-refractivity contribution in [2.75, 3.05) is 13.2 Å². The van der Waals surface area contributed by atoms with E-state index in [2.05, 4.69) is 0 Å². The summed E-state index contributed by atoms with van der Waals surface area (Å²) < 4.78 is 5.17. The minimum atomic E-state index is -1.46. The Morgan fingerprint density at radius 3 is 2.58 bits per heavy atom. The summed E-state index contributed by atoms with van der Waals surface area (Å²) in [6, 6.07) is 0. The first-order valence-electron chi connectivity index (χ1n) is 4.14. The predicted molar refractivity (Wildman–Crippen MR) is 45.8 cm³/mol. The molecule has 0 bridgehead atoms. The van der Waals surface area contributed by atoms with Gasteiger partial charge in [0, 0.05) is 0 Å². The van der Waals surface area contributed by atoms with Gasteiger partial charge in [-0.05, 0) is 5.82 Å². The molecule has 1 unspecified atom stereocenters. The van der Waals surface area contributed by atoms with Crippen LogP contribution in [0.5, 0.6) is 0 Å². The third-order valence-electron chi connectivity index (χ3n) is 2.32. The van der Waals surface area contributed by atoms with Crippen LogP contribution in [0.3, 0.4) is 0 Å². The molecule has 0 aliphatic carbocycles. The average molecular weight is 174 g/mol. The van der Waals surface area contributed by atoms with Crippen LogP contribution in [0.15, 0.2) is 0 Å². The predicted octanol–water partition coefficient (Wildman–Crippen LogP) is -2.09. The number of hydrogen-bond donors (Lipinski definition) is 3. The standard InChI is InChI=1S/C7H15BO4/c1-4(8)5-6(10)7(11,2-9)3-12-5/h4-6,9-11H,2-3,8H2,1H3/t4-,5?,6-,7+/m1/s1. The highest BCUT2D eigenvalue weighted by molar-refractivity contribution is 6.11. The van der Waals surface area contributed by atoms with E-state index in [9.17, 15) is 10.2 Å². The van der Waals surface area contributed by atoms with Crippen LogP contribution in [-0.4, -0.2) is 54.2 Å². The van der Waals surface area contributed by atoms with Gasteiger partial charge >= 0.3 is 0 Å². The zero-order valence-electron chi connectivity index (χ0n) is 7.40. The van der Waals surface area contributed by atoms with Gasteiger partial charge in [0.15, 0.2) is 0 Å². The van der Waals surface area contributed by atoms with Crippen LogP contribution in [0, 0.1) is 0 Å². The molecule has 0 radical (unpaired) electrons. The summed E-state index contributed by atoms with van der Waals surface area (Å²) in [6.45, 7) is 1.45. The summed E-state index contributed by atoms with van der Waals surface area (Å²) in [5.74, 6) is 0.139. The third kappa shape index (κ3) is 1.50. The Morgan fingerprint density at radius 2 is 2.33 bits per heavy atom. The maximum atomic E-state index is 9.56. The summed E-state index contributed by atoms with van der Waals surface area (Å²) in [5.41, 5.74) is -1.46. The zero-order valence-corrected chi connectivity index (χ0v) is 7.40. The Morgan fingerprint density at radius 1 is 1.75 bits per heavy atom. The quantitative estimate of drug-likeness (QED) is 0.420. The maximum absolute atomic E-state index is 9.56. The molecular weight excluding hydrogens is 159 g/mol. The number of ether oxygens (including phenoxy) is 1. The Hall–Kier alpha value is -0.0951. The largest absolute Gasteiger partial charge is 0.393 e. The van der Waals surface area contributed by atoms with Gasteiger partial charge in [0.2, 0.25) is 0 Å². The normalized spacial score (nSPS) is 44.7. The van der Waals surface area contributed by atoms with Gasteiger partial charge in [0.05, 0.1) is 19.3 Å². The lowest BCUT2D eigenvalue weighted by molar-refractivity contribution is -0.0815. The van der Waals surface area contributed by atoms with Crippen molar-refractivity contribution in [3.8, 4) is 0 Å². The first-order valence-corrected chi connectivity index (χ1v) is 4.14. The van der Waals surface area contributed by atoms with Gasteiger partial charge in [0.1, 0.15) is 19.6 Å². The summed E-state index contributed by atoms with van der Waals surface area (Å²) >= 11 is 0. The minimum absolute atomic E-state index is 0.00745. The third-order valence-corrected chi connectivity index (χ3v) is 2.32. The second-order valence-corrected chi connectivity index (χ2v) is 3.73. The first kappa shape index (κ1) is 9.99. The van der Waals surface area contributed by atoms with Crippen molar-refractivity contribution in [2.45, 2.75) is 30.5 Å². The first-order chi connectivity index (χ1) is 5.51. The van der Waals surface area contributed by atoms with Crippen molar-refractivity contribution in [3.63, 3.8) is 0 Å². The van der Waals surface area contributed by atoms with E-state index < -0.39 is 18.3 Å². The van der Waals surface area contributed by atoms with Gasteiger partial charge in [0.25, 0.3) is 0 Å². The van der Waals surface area contributed by atoms with Crippen LogP contribution in [-0.2, 0) is 4.74 Å². The molecule has 12 heavy (non-hydrogen) atoms. The molecule has 1 saturated heterocycles. The topological polar surface area (TPSA) is 69.9 Å². The number of aliphatic hydroxyl groups is 3. The van der Waals surface area contributed by atoms with E-state index in [0.29, 0.717) is 0 Å². The lowest BCUT2D eigenvalue weighted by atomic mass is 9.80. The maximum Gasteiger partial charge on any atom is 0.139 e. The van der Waals surface area contributed by atoms with Crippen molar-refractivity contribution >= 4 is 7.85 Å². The molecule has 3 N–H and O–H groups in total. The van der Waals surface area contributed by atoms with Crippen molar-refractivity contribution in [1.29, 1.82) is 0 Å². The molecule has 1 heterocycles. The van der Waals surface area contributed by atoms with Crippen LogP contribution in [0.4, 0.5) is 0 Å². The smallest absolute Gasteiger partial charge is 0.139 e. The second kappa shape index (κ2) is 3.34. The lowest BCUT2D eigenvalue weighted by Gasteiger charge is -2.25. The molecule has 1 fully saturated rings. The Labute approximate surface area is 72.6 Å². The second-order valence-electron chi connectivity index (χ2n) is 3.73. The molecular formula is C7H15BO4. The molecule has 1 rings (SSSR count). The van der Waals surface area contributed by atoms with Gasteiger partial charge in [-0.1, -0.05) is 6.92 Å². The van der Waals surface area contributed by atoms with E-state index in [1.54, 1.807) is 0 Å². The number of aliphatic hydroxyl groups excluding tert-OH is 2. The van der Waals surface area contributed by atoms with Gasteiger partial charge in [-0.3, -0.25) is 0 Å². The van der Waals surface area contributed by atoms with Crippen molar-refractivity contribution < 1.29 is 20.1 Å². The molecule has 0 saturated carbocycles. The number of hydrogen-bond acceptors (Lipinski definition) is 4. The van der Waals surface area contributed by atoms with Gasteiger partial charge in [-0.15, -0.1) is 0 Å². The van der Waals surface area contributed by atoms with Crippen LogP contribution >= 0.6 is 0 Å². The summed E-state index contributed by atoms with van der Waals surface area (Å²) in [7, 11) is 1.90. The van der Waals surface area contributed by atoms with Crippen LogP contribution in [0.1, 0.15) is 6.92 Å². The molecule has 0 amide bonds. The van der Waals surface area contributed by atoms with Crippen molar-refractivity contribution in [3.05, 3.63) is 0 Å². The van der Waals surface area contributed by atoms with Crippen LogP contribution in [0.25, 0.3) is 0 Å². The Kier molecular flexibility index (Phi) is 2.78. The molecule has 0 aromatic carbocycles. The van der Waals surface area contributed by atoms with Crippen molar-refractivity contribution in [2.24, 2.45) is 0 Å². The Bertz CT molecular complexity index is 163. The highest BCUT2D eigenvalue weighted by Crippen LogP contribution is 2.29. The highest BCUT2D eigenvalue weighted by Gasteiger charge is 2.48. The van der Waals surface area contributed by atoms with Gasteiger partial charge in [-0.2, -0.15) is 0 Å². The van der Waals surface area contributed by atoms with Crippen molar-refractivity contribution in [1.82, 2.24) is 0 Å². The lowest BCUT2D eigenvalue weighted by Crippen LogP contribution is -2.47. The van der Waals surface area contributed by atoms with E-state index in [4.69, 9.17) is 9.84 Å². The minimum Gasteiger partial charge on any atom is -0.393 e. The van der Waals surface area contributed by atoms with E-state index in [-0.39, 0.29) is 18.5 Å². The molecule has 1 aliphatic heterocycles. The highest BCUT2D eigenvalue weighted by atomic mass is 16.5. The molecule has 0 spiro atoms. The zero-order chi connectivity index (χ0) is 9.35. The SMILES string of the molecule is B[C@H](C)C1OC[C@@](O)(CO)[C@@H]1O. The summed E-state index contributed by atoms with van der Waals surface area (Å²) in [6.07, 6.45) is -1.36. The molecule has 4 nitrogen and oxygen atoms in total. The summed E-state index contributed by atoms with van der Waals surface area (Å²) in [4.78, 5) is 0. The van der Waals surface area contributed by atoms with E-state index >= 15 is 0 Å². The molecule has 70 valence electrons.